The summed E-state index contributed by atoms with van der Waals surface area (Å²) in [6, 6.07) is 5.89. The largest absolute Gasteiger partial charge is 0.463 e. The van der Waals surface area contributed by atoms with E-state index in [1.54, 1.807) is 29.2 Å². The van der Waals surface area contributed by atoms with Gasteiger partial charge in [0.2, 0.25) is 0 Å². The second-order valence-electron chi connectivity index (χ2n) is 7.83. The Balaban J connectivity index is 2.08. The van der Waals surface area contributed by atoms with Crippen LogP contribution in [0.25, 0.3) is 6.08 Å². The fourth-order valence-electron chi connectivity index (χ4n) is 3.48. The summed E-state index contributed by atoms with van der Waals surface area (Å²) in [4.78, 5) is 39.8. The highest BCUT2D eigenvalue weighted by molar-refractivity contribution is 14.1. The summed E-state index contributed by atoms with van der Waals surface area (Å²) in [5, 5.41) is 0. The summed E-state index contributed by atoms with van der Waals surface area (Å²) in [5.74, 6) is -1.49. The smallest absolute Gasteiger partial charge is 0.351 e. The van der Waals surface area contributed by atoms with Crippen LogP contribution in [0.4, 0.5) is 5.82 Å². The number of rotatable bonds is 8. The van der Waals surface area contributed by atoms with Gasteiger partial charge in [-0.25, -0.2) is 4.79 Å². The fraction of sp³-hybridized carbons (Fsp3) is 0.364. The Morgan fingerprint density at radius 2 is 1.86 bits per heavy atom. The van der Waals surface area contributed by atoms with Gasteiger partial charge in [-0.2, -0.15) is 13.4 Å². The zero-order valence-corrected chi connectivity index (χ0v) is 22.5. The van der Waals surface area contributed by atoms with Crippen molar-refractivity contribution >= 4 is 56.5 Å². The Morgan fingerprint density at radius 1 is 1.19 bits per heavy atom. The molecule has 1 aromatic heterocycles. The molecular weight excluding hydrogens is 609 g/mol. The maximum atomic E-state index is 13.1. The number of ether oxygens (including phenoxy) is 3. The van der Waals surface area contributed by atoms with Crippen LogP contribution in [-0.2, 0) is 38.1 Å². The van der Waals surface area contributed by atoms with Crippen LogP contribution in [0.2, 0.25) is 0 Å². The number of benzene rings is 1. The highest BCUT2D eigenvalue weighted by atomic mass is 127. The first kappa shape index (κ1) is 27.8. The molecule has 0 unspecified atom stereocenters. The number of esters is 2. The van der Waals surface area contributed by atoms with Gasteiger partial charge in [0.1, 0.15) is 24.6 Å². The molecule has 2 N–H and O–H groups in total. The van der Waals surface area contributed by atoms with E-state index in [2.05, 4.69) is 4.98 Å². The number of nitrogens with zero attached hydrogens (tertiary/aromatic N) is 2. The molecule has 1 aliphatic heterocycles. The van der Waals surface area contributed by atoms with E-state index in [0.717, 1.165) is 24.0 Å². The van der Waals surface area contributed by atoms with Gasteiger partial charge in [-0.3, -0.25) is 18.3 Å². The molecule has 2 aromatic rings. The van der Waals surface area contributed by atoms with E-state index in [-0.39, 0.29) is 10.7 Å². The van der Waals surface area contributed by atoms with Crippen molar-refractivity contribution in [3.63, 3.8) is 0 Å². The molecule has 0 spiro atoms. The molecule has 0 amide bonds. The molecule has 1 aromatic carbocycles. The van der Waals surface area contributed by atoms with Gasteiger partial charge in [-0.1, -0.05) is 40.3 Å². The molecule has 2 heterocycles. The number of carbonyl (C=O) groups is 2. The Bertz CT molecular complexity index is 1330. The average molecular weight is 633 g/mol. The summed E-state index contributed by atoms with van der Waals surface area (Å²) in [6.45, 7) is 3.62. The number of nitrogens with two attached hydrogens (primary N) is 1. The highest BCUT2D eigenvalue weighted by Crippen LogP contribution is 2.35. The van der Waals surface area contributed by atoms with Crippen LogP contribution in [0.3, 0.4) is 0 Å². The van der Waals surface area contributed by atoms with Crippen molar-refractivity contribution < 1.29 is 36.4 Å². The zero-order valence-electron chi connectivity index (χ0n) is 19.5. The number of carbonyl (C=O) groups excluding carboxylic acids is 2. The monoisotopic (exact) mass is 633 g/mol. The standard InChI is InChI=1S/C22H24IN3O9S/c1-12-4-6-16(7-5-12)36(30,31)35-18-17(11-32-13(2)27)34-21(19(18)33-14(3)28)26-10-15(8-9-23)20(24)25-22(26)29/h4-10,17-19,21H,11H2,1-3H3,(H2,24,25,29)/b9-8+/t17-,18+,19-,21-/m1/s1. The maximum absolute atomic E-state index is 13.1. The third-order valence-electron chi connectivity index (χ3n) is 5.11. The van der Waals surface area contributed by atoms with E-state index in [4.69, 9.17) is 24.1 Å². The van der Waals surface area contributed by atoms with Gasteiger partial charge in [0.05, 0.1) is 4.90 Å². The van der Waals surface area contributed by atoms with Crippen LogP contribution in [0.5, 0.6) is 0 Å². The topological polar surface area (TPSA) is 166 Å². The molecule has 0 saturated carbocycles. The van der Waals surface area contributed by atoms with Crippen LogP contribution in [0.15, 0.2) is 44.2 Å². The molecule has 0 bridgehead atoms. The van der Waals surface area contributed by atoms with Gasteiger partial charge in [0.15, 0.2) is 12.3 Å². The predicted molar refractivity (Wildman–Crippen MR) is 135 cm³/mol. The number of hydrogen-bond acceptors (Lipinski definition) is 11. The minimum absolute atomic E-state index is 0.0441. The normalized spacial score (nSPS) is 22.0. The van der Waals surface area contributed by atoms with Crippen LogP contribution >= 0.6 is 22.6 Å². The molecule has 1 fully saturated rings. The van der Waals surface area contributed by atoms with Gasteiger partial charge in [0.25, 0.3) is 10.1 Å². The third kappa shape index (κ3) is 6.48. The first-order valence-corrected chi connectivity index (χ1v) is 13.2. The Kier molecular flexibility index (Phi) is 8.86. The van der Waals surface area contributed by atoms with E-state index < -0.39 is 58.9 Å². The van der Waals surface area contributed by atoms with E-state index in [1.807, 2.05) is 22.6 Å². The summed E-state index contributed by atoms with van der Waals surface area (Å²) in [5.41, 5.74) is 6.17. The number of hydrogen-bond donors (Lipinski definition) is 1. The van der Waals surface area contributed by atoms with Gasteiger partial charge < -0.3 is 19.9 Å². The first-order valence-electron chi connectivity index (χ1n) is 10.5. The zero-order chi connectivity index (χ0) is 26.6. The van der Waals surface area contributed by atoms with Gasteiger partial charge in [-0.15, -0.1) is 0 Å². The maximum Gasteiger partial charge on any atom is 0.351 e. The van der Waals surface area contributed by atoms with Gasteiger partial charge in [-0.05, 0) is 29.2 Å². The highest BCUT2D eigenvalue weighted by Gasteiger charge is 2.51. The minimum Gasteiger partial charge on any atom is -0.463 e. The van der Waals surface area contributed by atoms with E-state index >= 15 is 0 Å². The van der Waals surface area contributed by atoms with E-state index in [9.17, 15) is 22.8 Å². The van der Waals surface area contributed by atoms with Crippen LogP contribution in [0.1, 0.15) is 31.2 Å². The molecule has 14 heteroatoms. The lowest BCUT2D eigenvalue weighted by molar-refractivity contribution is -0.155. The number of aromatic nitrogens is 2. The molecule has 12 nitrogen and oxygen atoms in total. The molecular formula is C22H24IN3O9S. The number of halogens is 1. The summed E-state index contributed by atoms with van der Waals surface area (Å²) >= 11 is 1.96. The lowest BCUT2D eigenvalue weighted by Gasteiger charge is -2.24. The molecule has 194 valence electrons. The molecule has 36 heavy (non-hydrogen) atoms. The number of aryl methyl sites for hydroxylation is 1. The Hall–Kier alpha value is -2.82. The second-order valence-corrected chi connectivity index (χ2v) is 10.1. The minimum atomic E-state index is -4.39. The first-order chi connectivity index (χ1) is 16.9. The van der Waals surface area contributed by atoms with Gasteiger partial charge >= 0.3 is 17.6 Å². The third-order valence-corrected chi connectivity index (χ3v) is 6.80. The number of anilines is 1. The Labute approximate surface area is 220 Å². The molecule has 0 radical (unpaired) electrons. The second kappa shape index (κ2) is 11.5. The van der Waals surface area contributed by atoms with Crippen molar-refractivity contribution in [2.75, 3.05) is 12.3 Å². The van der Waals surface area contributed by atoms with Crippen molar-refractivity contribution in [2.45, 2.75) is 50.2 Å². The lowest BCUT2D eigenvalue weighted by atomic mass is 10.1. The lowest BCUT2D eigenvalue weighted by Crippen LogP contribution is -2.42. The summed E-state index contributed by atoms with van der Waals surface area (Å²) in [6.07, 6.45) is -2.58. The van der Waals surface area contributed by atoms with Crippen molar-refractivity contribution in [3.8, 4) is 0 Å². The average Bonchev–Trinajstić information content (AvgIpc) is 3.10. The van der Waals surface area contributed by atoms with E-state index in [1.165, 1.54) is 18.3 Å². The van der Waals surface area contributed by atoms with Crippen LogP contribution < -0.4 is 11.4 Å². The predicted octanol–water partition coefficient (Wildman–Crippen LogP) is 1.71. The Morgan fingerprint density at radius 3 is 2.44 bits per heavy atom. The molecule has 1 saturated heterocycles. The SMILES string of the molecule is CC(=O)OC[C@H]1O[C@@H](n2cc(/C=C/I)c(N)nc2=O)[C@H](OC(C)=O)[C@H]1OS(=O)(=O)c1ccc(C)cc1. The van der Waals surface area contributed by atoms with E-state index in [0.29, 0.717) is 5.56 Å². The summed E-state index contributed by atoms with van der Waals surface area (Å²) in [7, 11) is -4.39. The van der Waals surface area contributed by atoms with Crippen molar-refractivity contribution in [1.29, 1.82) is 0 Å². The number of nitrogen functional groups attached to an aromatic ring is 1. The quantitative estimate of drug-likeness (QED) is 0.256. The molecule has 1 aliphatic rings. The molecule has 3 rings (SSSR count). The fourth-order valence-corrected chi connectivity index (χ4v) is 4.97. The van der Waals surface area contributed by atoms with Crippen molar-refractivity contribution in [1.82, 2.24) is 9.55 Å². The van der Waals surface area contributed by atoms with Crippen LogP contribution in [0, 0.1) is 6.92 Å². The van der Waals surface area contributed by atoms with Gasteiger partial charge in [0, 0.05) is 25.6 Å². The molecule has 0 aliphatic carbocycles. The van der Waals surface area contributed by atoms with Crippen LogP contribution in [-0.4, -0.2) is 54.8 Å². The van der Waals surface area contributed by atoms with Crippen molar-refractivity contribution in [2.24, 2.45) is 0 Å². The molecule has 4 atom stereocenters. The van der Waals surface area contributed by atoms with Crippen molar-refractivity contribution in [3.05, 3.63) is 56.2 Å². The summed E-state index contributed by atoms with van der Waals surface area (Å²) < 4.78 is 50.6.